The molecular weight excluding hydrogens is 228 g/mol. The largest absolute Gasteiger partial charge is 0.345 e. The van der Waals surface area contributed by atoms with E-state index in [0.29, 0.717) is 10.7 Å². The molecule has 2 amide bonds. The molecule has 2 N–H and O–H groups in total. The summed E-state index contributed by atoms with van der Waals surface area (Å²) in [5.74, 6) is -0.503. The fourth-order valence-electron chi connectivity index (χ4n) is 1.15. The number of nitrogens with one attached hydrogen (secondary N) is 2. The van der Waals surface area contributed by atoms with Crippen LogP contribution in [0.3, 0.4) is 0 Å². The first-order chi connectivity index (χ1) is 7.49. The van der Waals surface area contributed by atoms with Crippen molar-refractivity contribution in [2.24, 2.45) is 0 Å². The molecule has 86 valence electrons. The topological polar surface area (TPSA) is 58.2 Å². The van der Waals surface area contributed by atoms with Crippen LogP contribution in [-0.2, 0) is 9.59 Å². The van der Waals surface area contributed by atoms with E-state index in [2.05, 4.69) is 10.6 Å². The van der Waals surface area contributed by atoms with E-state index < -0.39 is 6.04 Å². The highest BCUT2D eigenvalue weighted by molar-refractivity contribution is 6.30. The summed E-state index contributed by atoms with van der Waals surface area (Å²) in [5.41, 5.74) is 0.645. The van der Waals surface area contributed by atoms with Crippen molar-refractivity contribution in [1.29, 1.82) is 0 Å². The van der Waals surface area contributed by atoms with Crippen molar-refractivity contribution in [2.75, 3.05) is 5.32 Å². The average Bonchev–Trinajstić information content (AvgIpc) is 2.20. The van der Waals surface area contributed by atoms with E-state index in [0.717, 1.165) is 0 Å². The van der Waals surface area contributed by atoms with Crippen molar-refractivity contribution in [3.63, 3.8) is 0 Å². The van der Waals surface area contributed by atoms with Crippen LogP contribution < -0.4 is 10.6 Å². The van der Waals surface area contributed by atoms with Crippen LogP contribution in [0.5, 0.6) is 0 Å². The molecule has 4 nitrogen and oxygen atoms in total. The average molecular weight is 241 g/mol. The summed E-state index contributed by atoms with van der Waals surface area (Å²) < 4.78 is 0. The molecule has 1 aromatic rings. The van der Waals surface area contributed by atoms with Gasteiger partial charge in [0.25, 0.3) is 0 Å². The second-order valence-corrected chi connectivity index (χ2v) is 3.85. The molecule has 0 heterocycles. The first-order valence-corrected chi connectivity index (χ1v) is 5.20. The van der Waals surface area contributed by atoms with Crippen LogP contribution in [0.15, 0.2) is 24.3 Å². The molecule has 0 aliphatic rings. The Morgan fingerprint density at radius 2 is 1.81 bits per heavy atom. The lowest BCUT2D eigenvalue weighted by Gasteiger charge is -2.12. The molecule has 0 saturated carbocycles. The first kappa shape index (κ1) is 12.5. The molecular formula is C11H13ClN2O2. The summed E-state index contributed by atoms with van der Waals surface area (Å²) in [7, 11) is 0. The van der Waals surface area contributed by atoms with Gasteiger partial charge in [0, 0.05) is 17.6 Å². The predicted octanol–water partition coefficient (Wildman–Crippen LogP) is 1.80. The van der Waals surface area contributed by atoms with Crippen molar-refractivity contribution < 1.29 is 9.59 Å². The molecule has 0 aliphatic carbocycles. The smallest absolute Gasteiger partial charge is 0.246 e. The Kier molecular flexibility index (Phi) is 4.31. The number of hydrogen-bond donors (Lipinski definition) is 2. The Morgan fingerprint density at radius 3 is 2.31 bits per heavy atom. The van der Waals surface area contributed by atoms with Gasteiger partial charge in [-0.1, -0.05) is 11.6 Å². The minimum Gasteiger partial charge on any atom is -0.345 e. The summed E-state index contributed by atoms with van der Waals surface area (Å²) in [6, 6.07) is 6.19. The van der Waals surface area contributed by atoms with Crippen molar-refractivity contribution in [1.82, 2.24) is 5.32 Å². The lowest BCUT2D eigenvalue weighted by atomic mass is 10.2. The van der Waals surface area contributed by atoms with E-state index >= 15 is 0 Å². The predicted molar refractivity (Wildman–Crippen MR) is 63.4 cm³/mol. The van der Waals surface area contributed by atoms with Gasteiger partial charge in [0.05, 0.1) is 0 Å². The zero-order valence-corrected chi connectivity index (χ0v) is 9.84. The summed E-state index contributed by atoms with van der Waals surface area (Å²) in [4.78, 5) is 22.3. The van der Waals surface area contributed by atoms with E-state index in [9.17, 15) is 9.59 Å². The maximum Gasteiger partial charge on any atom is 0.246 e. The van der Waals surface area contributed by atoms with E-state index in [1.54, 1.807) is 31.2 Å². The molecule has 0 spiro atoms. The van der Waals surface area contributed by atoms with Gasteiger partial charge in [-0.25, -0.2) is 0 Å². The van der Waals surface area contributed by atoms with Crippen LogP contribution in [0.2, 0.25) is 5.02 Å². The van der Waals surface area contributed by atoms with Crippen LogP contribution in [-0.4, -0.2) is 17.9 Å². The molecule has 0 radical (unpaired) electrons. The molecule has 0 aromatic heterocycles. The fraction of sp³-hybridized carbons (Fsp3) is 0.273. The molecule has 0 saturated heterocycles. The molecule has 0 fully saturated rings. The third kappa shape index (κ3) is 3.90. The number of halogens is 1. The van der Waals surface area contributed by atoms with Gasteiger partial charge >= 0.3 is 0 Å². The maximum atomic E-state index is 11.6. The Bertz CT molecular complexity index is 389. The molecule has 5 heteroatoms. The van der Waals surface area contributed by atoms with Crippen molar-refractivity contribution >= 4 is 29.1 Å². The van der Waals surface area contributed by atoms with Gasteiger partial charge in [-0.05, 0) is 31.2 Å². The number of anilines is 1. The summed E-state index contributed by atoms with van der Waals surface area (Å²) in [6.07, 6.45) is 0. The Labute approximate surface area is 99.0 Å². The molecule has 1 atom stereocenters. The van der Waals surface area contributed by atoms with Gasteiger partial charge in [-0.3, -0.25) is 9.59 Å². The lowest BCUT2D eigenvalue weighted by Crippen LogP contribution is -2.40. The Morgan fingerprint density at radius 1 is 1.25 bits per heavy atom. The third-order valence-corrected chi connectivity index (χ3v) is 2.18. The number of carbonyl (C=O) groups excluding carboxylic acids is 2. The second-order valence-electron chi connectivity index (χ2n) is 3.42. The van der Waals surface area contributed by atoms with E-state index in [4.69, 9.17) is 11.6 Å². The summed E-state index contributed by atoms with van der Waals surface area (Å²) in [5, 5.41) is 5.76. The first-order valence-electron chi connectivity index (χ1n) is 4.82. The molecule has 0 aliphatic heterocycles. The number of amides is 2. The number of benzene rings is 1. The Hall–Kier alpha value is -1.55. The van der Waals surface area contributed by atoms with Gasteiger partial charge < -0.3 is 10.6 Å². The number of carbonyl (C=O) groups is 2. The highest BCUT2D eigenvalue weighted by Crippen LogP contribution is 2.13. The number of hydrogen-bond acceptors (Lipinski definition) is 2. The van der Waals surface area contributed by atoms with Crippen molar-refractivity contribution in [3.05, 3.63) is 29.3 Å². The fourth-order valence-corrected chi connectivity index (χ4v) is 1.28. The van der Waals surface area contributed by atoms with Crippen LogP contribution >= 0.6 is 11.6 Å². The quantitative estimate of drug-likeness (QED) is 0.847. The highest BCUT2D eigenvalue weighted by Gasteiger charge is 2.13. The van der Waals surface area contributed by atoms with Gasteiger partial charge in [-0.15, -0.1) is 0 Å². The van der Waals surface area contributed by atoms with Crippen molar-refractivity contribution in [2.45, 2.75) is 19.9 Å². The Balaban J connectivity index is 2.57. The monoisotopic (exact) mass is 240 g/mol. The summed E-state index contributed by atoms with van der Waals surface area (Å²) in [6.45, 7) is 2.98. The zero-order chi connectivity index (χ0) is 12.1. The standard InChI is InChI=1S/C11H13ClN2O2/c1-7(13-8(2)15)11(16)14-10-5-3-9(12)4-6-10/h3-7H,1-2H3,(H,13,15)(H,14,16). The van der Waals surface area contributed by atoms with Crippen LogP contribution in [0.4, 0.5) is 5.69 Å². The summed E-state index contributed by atoms with van der Waals surface area (Å²) >= 11 is 5.71. The lowest BCUT2D eigenvalue weighted by molar-refractivity contribution is -0.124. The minimum atomic E-state index is -0.562. The molecule has 1 unspecified atom stereocenters. The molecule has 16 heavy (non-hydrogen) atoms. The van der Waals surface area contributed by atoms with E-state index in [-0.39, 0.29) is 11.8 Å². The van der Waals surface area contributed by atoms with Gasteiger partial charge in [0.2, 0.25) is 11.8 Å². The van der Waals surface area contributed by atoms with Crippen LogP contribution in [0.25, 0.3) is 0 Å². The van der Waals surface area contributed by atoms with E-state index in [1.165, 1.54) is 6.92 Å². The molecule has 1 rings (SSSR count). The molecule has 1 aromatic carbocycles. The van der Waals surface area contributed by atoms with Gasteiger partial charge in [0.15, 0.2) is 0 Å². The maximum absolute atomic E-state index is 11.6. The van der Waals surface area contributed by atoms with Crippen LogP contribution in [0.1, 0.15) is 13.8 Å². The third-order valence-electron chi connectivity index (χ3n) is 1.92. The zero-order valence-electron chi connectivity index (χ0n) is 9.08. The minimum absolute atomic E-state index is 0.237. The van der Waals surface area contributed by atoms with Gasteiger partial charge in [-0.2, -0.15) is 0 Å². The van der Waals surface area contributed by atoms with Crippen LogP contribution in [0, 0.1) is 0 Å². The highest BCUT2D eigenvalue weighted by atomic mass is 35.5. The van der Waals surface area contributed by atoms with E-state index in [1.807, 2.05) is 0 Å². The van der Waals surface area contributed by atoms with Gasteiger partial charge in [0.1, 0.15) is 6.04 Å². The number of rotatable bonds is 3. The normalized spacial score (nSPS) is 11.7. The van der Waals surface area contributed by atoms with Crippen molar-refractivity contribution in [3.8, 4) is 0 Å². The second kappa shape index (κ2) is 5.51. The SMILES string of the molecule is CC(=O)NC(C)C(=O)Nc1ccc(Cl)cc1. The molecule has 0 bridgehead atoms.